The van der Waals surface area contributed by atoms with Crippen LogP contribution in [0.15, 0.2) is 28.9 Å². The van der Waals surface area contributed by atoms with Crippen molar-refractivity contribution < 1.29 is 4.42 Å². The zero-order valence-electron chi connectivity index (χ0n) is 12.0. The molecule has 0 aliphatic heterocycles. The smallest absolute Gasteiger partial charge is 0.133 e. The van der Waals surface area contributed by atoms with Gasteiger partial charge in [0.05, 0.1) is 0 Å². The van der Waals surface area contributed by atoms with E-state index < -0.39 is 0 Å². The van der Waals surface area contributed by atoms with Crippen LogP contribution in [-0.4, -0.2) is 16.1 Å². The molecule has 1 N–H and O–H groups in total. The average Bonchev–Trinajstić information content (AvgIpc) is 3.05. The van der Waals surface area contributed by atoms with Crippen molar-refractivity contribution in [2.45, 2.75) is 46.2 Å². The number of rotatable bonds is 7. The third kappa shape index (κ3) is 3.07. The number of imidazole rings is 1. The summed E-state index contributed by atoms with van der Waals surface area (Å²) in [6.07, 6.45) is 5.91. The van der Waals surface area contributed by atoms with Gasteiger partial charge in [-0.1, -0.05) is 20.8 Å². The normalized spacial score (nSPS) is 12.8. The van der Waals surface area contributed by atoms with E-state index in [4.69, 9.17) is 4.42 Å². The van der Waals surface area contributed by atoms with Crippen LogP contribution in [0.2, 0.25) is 0 Å². The van der Waals surface area contributed by atoms with Gasteiger partial charge < -0.3 is 14.3 Å². The van der Waals surface area contributed by atoms with Gasteiger partial charge in [-0.25, -0.2) is 4.98 Å². The van der Waals surface area contributed by atoms with Crippen LogP contribution in [0.25, 0.3) is 0 Å². The molecule has 2 aromatic heterocycles. The molecule has 0 amide bonds. The van der Waals surface area contributed by atoms with Gasteiger partial charge in [0.15, 0.2) is 0 Å². The van der Waals surface area contributed by atoms with Crippen molar-refractivity contribution in [1.82, 2.24) is 14.9 Å². The molecule has 0 radical (unpaired) electrons. The lowest BCUT2D eigenvalue weighted by molar-refractivity contribution is 0.409. The van der Waals surface area contributed by atoms with E-state index in [0.717, 1.165) is 43.3 Å². The molecule has 104 valence electrons. The number of hydrogen-bond donors (Lipinski definition) is 1. The molecule has 4 heteroatoms. The summed E-state index contributed by atoms with van der Waals surface area (Å²) in [5.41, 5.74) is 0. The fourth-order valence-corrected chi connectivity index (χ4v) is 2.27. The van der Waals surface area contributed by atoms with Crippen molar-refractivity contribution in [3.63, 3.8) is 0 Å². The minimum absolute atomic E-state index is 0.0341. The van der Waals surface area contributed by atoms with Gasteiger partial charge in [0.2, 0.25) is 0 Å². The lowest BCUT2D eigenvalue weighted by Gasteiger charge is -2.17. The first kappa shape index (κ1) is 13.9. The summed E-state index contributed by atoms with van der Waals surface area (Å²) in [6.45, 7) is 8.24. The van der Waals surface area contributed by atoms with Gasteiger partial charge in [0.1, 0.15) is 23.4 Å². The van der Waals surface area contributed by atoms with Crippen molar-refractivity contribution >= 4 is 0 Å². The van der Waals surface area contributed by atoms with Crippen LogP contribution >= 0.6 is 0 Å². The average molecular weight is 261 g/mol. The van der Waals surface area contributed by atoms with E-state index in [-0.39, 0.29) is 6.04 Å². The van der Waals surface area contributed by atoms with Gasteiger partial charge in [-0.15, -0.1) is 0 Å². The topological polar surface area (TPSA) is 43.0 Å². The molecular formula is C15H23N3O. The molecule has 2 rings (SSSR count). The molecule has 19 heavy (non-hydrogen) atoms. The lowest BCUT2D eigenvalue weighted by atomic mass is 10.2. The maximum absolute atomic E-state index is 5.89. The van der Waals surface area contributed by atoms with Crippen LogP contribution < -0.4 is 5.32 Å². The molecule has 1 atom stereocenters. The maximum Gasteiger partial charge on any atom is 0.133 e. The summed E-state index contributed by atoms with van der Waals surface area (Å²) >= 11 is 0. The SMILES string of the molecule is CCCn1ccnc1C(NCC)c1ccc(CC)o1. The third-order valence-electron chi connectivity index (χ3n) is 3.19. The summed E-state index contributed by atoms with van der Waals surface area (Å²) in [4.78, 5) is 4.51. The predicted octanol–water partition coefficient (Wildman–Crippen LogP) is 3.15. The summed E-state index contributed by atoms with van der Waals surface area (Å²) in [6, 6.07) is 4.14. The predicted molar refractivity (Wildman–Crippen MR) is 76.1 cm³/mol. The highest BCUT2D eigenvalue weighted by Gasteiger charge is 2.21. The molecule has 0 saturated heterocycles. The van der Waals surface area contributed by atoms with Gasteiger partial charge in [-0.3, -0.25) is 0 Å². The number of nitrogens with one attached hydrogen (secondary N) is 1. The van der Waals surface area contributed by atoms with E-state index in [1.165, 1.54) is 0 Å². The summed E-state index contributed by atoms with van der Waals surface area (Å²) in [7, 11) is 0. The van der Waals surface area contributed by atoms with Crippen LogP contribution in [-0.2, 0) is 13.0 Å². The van der Waals surface area contributed by atoms with Crippen molar-refractivity contribution in [3.05, 3.63) is 41.9 Å². The molecule has 2 heterocycles. The Bertz CT molecular complexity index is 501. The highest BCUT2D eigenvalue weighted by Crippen LogP contribution is 2.23. The van der Waals surface area contributed by atoms with E-state index in [0.29, 0.717) is 0 Å². The van der Waals surface area contributed by atoms with Gasteiger partial charge in [0, 0.05) is 25.4 Å². The minimum Gasteiger partial charge on any atom is -0.464 e. The van der Waals surface area contributed by atoms with E-state index in [1.807, 2.05) is 18.5 Å². The second-order valence-corrected chi connectivity index (χ2v) is 4.63. The minimum atomic E-state index is 0.0341. The fourth-order valence-electron chi connectivity index (χ4n) is 2.27. The Labute approximate surface area is 114 Å². The zero-order valence-corrected chi connectivity index (χ0v) is 12.0. The van der Waals surface area contributed by atoms with E-state index >= 15 is 0 Å². The first-order chi connectivity index (χ1) is 9.30. The highest BCUT2D eigenvalue weighted by atomic mass is 16.3. The molecule has 0 spiro atoms. The summed E-state index contributed by atoms with van der Waals surface area (Å²) in [5.74, 6) is 2.99. The van der Waals surface area contributed by atoms with Crippen molar-refractivity contribution in [2.24, 2.45) is 0 Å². The Morgan fingerprint density at radius 1 is 1.32 bits per heavy atom. The fraction of sp³-hybridized carbons (Fsp3) is 0.533. The Morgan fingerprint density at radius 3 is 2.79 bits per heavy atom. The molecule has 1 unspecified atom stereocenters. The number of furan rings is 1. The Morgan fingerprint density at radius 2 is 2.16 bits per heavy atom. The van der Waals surface area contributed by atoms with Gasteiger partial charge >= 0.3 is 0 Å². The third-order valence-corrected chi connectivity index (χ3v) is 3.19. The Hall–Kier alpha value is -1.55. The summed E-state index contributed by atoms with van der Waals surface area (Å²) < 4.78 is 8.08. The van der Waals surface area contributed by atoms with Gasteiger partial charge in [-0.2, -0.15) is 0 Å². The Kier molecular flexibility index (Phi) is 4.80. The largest absolute Gasteiger partial charge is 0.464 e. The number of aryl methyl sites for hydroxylation is 2. The molecule has 4 nitrogen and oxygen atoms in total. The highest BCUT2D eigenvalue weighted by molar-refractivity contribution is 5.18. The van der Waals surface area contributed by atoms with E-state index in [9.17, 15) is 0 Å². The van der Waals surface area contributed by atoms with Crippen LogP contribution in [0, 0.1) is 0 Å². The first-order valence-corrected chi connectivity index (χ1v) is 7.13. The maximum atomic E-state index is 5.89. The second kappa shape index (κ2) is 6.57. The van der Waals surface area contributed by atoms with Crippen LogP contribution in [0.5, 0.6) is 0 Å². The first-order valence-electron chi connectivity index (χ1n) is 7.13. The van der Waals surface area contributed by atoms with Crippen LogP contribution in [0.3, 0.4) is 0 Å². The van der Waals surface area contributed by atoms with Crippen molar-refractivity contribution in [3.8, 4) is 0 Å². The number of hydrogen-bond acceptors (Lipinski definition) is 3. The summed E-state index contributed by atoms with van der Waals surface area (Å²) in [5, 5.41) is 3.46. The molecule has 0 aliphatic carbocycles. The van der Waals surface area contributed by atoms with Crippen LogP contribution in [0.1, 0.15) is 50.6 Å². The number of nitrogens with zero attached hydrogens (tertiary/aromatic N) is 2. The second-order valence-electron chi connectivity index (χ2n) is 4.63. The molecule has 0 aliphatic rings. The van der Waals surface area contributed by atoms with E-state index in [1.54, 1.807) is 0 Å². The quantitative estimate of drug-likeness (QED) is 0.832. The molecular weight excluding hydrogens is 238 g/mol. The zero-order chi connectivity index (χ0) is 13.7. The molecule has 0 saturated carbocycles. The van der Waals surface area contributed by atoms with Crippen LogP contribution in [0.4, 0.5) is 0 Å². The van der Waals surface area contributed by atoms with Crippen molar-refractivity contribution in [2.75, 3.05) is 6.54 Å². The molecule has 0 aromatic carbocycles. The molecule has 2 aromatic rings. The lowest BCUT2D eigenvalue weighted by Crippen LogP contribution is -2.25. The van der Waals surface area contributed by atoms with Crippen molar-refractivity contribution in [1.29, 1.82) is 0 Å². The van der Waals surface area contributed by atoms with E-state index in [2.05, 4.69) is 41.7 Å². The monoisotopic (exact) mass is 261 g/mol. The van der Waals surface area contributed by atoms with Gasteiger partial charge in [-0.05, 0) is 25.1 Å². The molecule has 0 bridgehead atoms. The number of aromatic nitrogens is 2. The molecule has 0 fully saturated rings. The Balaban J connectivity index is 2.30. The van der Waals surface area contributed by atoms with Gasteiger partial charge in [0.25, 0.3) is 0 Å². The standard InChI is InChI=1S/C15H23N3O/c1-4-10-18-11-9-17-15(18)14(16-6-3)13-8-7-12(5-2)19-13/h7-9,11,14,16H,4-6,10H2,1-3H3.